The number of hydrogen-bond acceptors (Lipinski definition) is 3. The van der Waals surface area contributed by atoms with Crippen molar-refractivity contribution in [3.63, 3.8) is 0 Å². The van der Waals surface area contributed by atoms with Gasteiger partial charge in [0.2, 0.25) is 0 Å². The van der Waals surface area contributed by atoms with Crippen molar-refractivity contribution < 1.29 is 9.90 Å². The number of rotatable bonds is 5. The van der Waals surface area contributed by atoms with E-state index in [1.54, 1.807) is 10.9 Å². The van der Waals surface area contributed by atoms with Crippen LogP contribution >= 0.6 is 0 Å². The molecule has 0 aliphatic carbocycles. The Bertz CT molecular complexity index is 591. The molecular weight excluding hydrogens is 280 g/mol. The van der Waals surface area contributed by atoms with Crippen LogP contribution in [0.25, 0.3) is 5.82 Å². The highest BCUT2D eigenvalue weighted by molar-refractivity contribution is 6.18. The van der Waals surface area contributed by atoms with Gasteiger partial charge in [-0.15, -0.1) is 0 Å². The molecule has 0 bridgehead atoms. The van der Waals surface area contributed by atoms with Crippen LogP contribution in [-0.2, 0) is 4.79 Å². The second kappa shape index (κ2) is 9.55. The summed E-state index contributed by atoms with van der Waals surface area (Å²) in [6.07, 6.45) is 5.62. The van der Waals surface area contributed by atoms with Gasteiger partial charge in [0.1, 0.15) is 5.84 Å². The first kappa shape index (κ1) is 19.6. The van der Waals surface area contributed by atoms with E-state index < -0.39 is 5.97 Å². The van der Waals surface area contributed by atoms with Gasteiger partial charge in [-0.2, -0.15) is 5.10 Å². The third-order valence-corrected chi connectivity index (χ3v) is 2.52. The van der Waals surface area contributed by atoms with E-state index in [-0.39, 0.29) is 11.4 Å². The molecule has 1 aromatic rings. The number of aliphatic imine (C=N–C) groups is 1. The minimum atomic E-state index is -1.09. The minimum absolute atomic E-state index is 0.00938. The molecule has 3 N–H and O–H groups in total. The van der Waals surface area contributed by atoms with Crippen LogP contribution in [0, 0.1) is 6.92 Å². The van der Waals surface area contributed by atoms with Gasteiger partial charge < -0.3 is 10.8 Å². The summed E-state index contributed by atoms with van der Waals surface area (Å²) in [4.78, 5) is 15.4. The highest BCUT2D eigenvalue weighted by atomic mass is 16.4. The van der Waals surface area contributed by atoms with Crippen molar-refractivity contribution in [1.82, 2.24) is 9.78 Å². The zero-order valence-corrected chi connectivity index (χ0v) is 14.2. The molecular formula is C16H26N4O2. The standard InChI is InChI=1S/C14H20N4O2.C2H6/c1-5-6-11(14(19)20)12(15)17-13(9(2)3)18-8-10(4)7-16-18;1-2/h6-8H,5H2,1-4H3,(H2,15,17)(H,19,20);1-2H3/b11-6-;. The van der Waals surface area contributed by atoms with Gasteiger partial charge >= 0.3 is 5.97 Å². The van der Waals surface area contributed by atoms with Gasteiger partial charge in [0, 0.05) is 6.20 Å². The molecule has 0 saturated heterocycles. The van der Waals surface area contributed by atoms with Crippen LogP contribution in [0.15, 0.2) is 34.6 Å². The highest BCUT2D eigenvalue weighted by Gasteiger charge is 2.13. The number of aryl methyl sites for hydroxylation is 1. The minimum Gasteiger partial charge on any atom is -0.478 e. The van der Waals surface area contributed by atoms with Gasteiger partial charge in [-0.1, -0.05) is 26.8 Å². The molecule has 6 nitrogen and oxygen atoms in total. The Balaban J connectivity index is 0.00000211. The van der Waals surface area contributed by atoms with E-state index in [4.69, 9.17) is 10.8 Å². The molecule has 0 radical (unpaired) electrons. The molecule has 1 heterocycles. The lowest BCUT2D eigenvalue weighted by Gasteiger charge is -2.07. The van der Waals surface area contributed by atoms with Crippen molar-refractivity contribution in [3.8, 4) is 0 Å². The monoisotopic (exact) mass is 306 g/mol. The van der Waals surface area contributed by atoms with Crippen molar-refractivity contribution in [2.45, 2.75) is 48.0 Å². The van der Waals surface area contributed by atoms with Crippen molar-refractivity contribution in [2.75, 3.05) is 0 Å². The Morgan fingerprint density at radius 1 is 1.45 bits per heavy atom. The van der Waals surface area contributed by atoms with Crippen molar-refractivity contribution in [1.29, 1.82) is 0 Å². The lowest BCUT2D eigenvalue weighted by atomic mass is 10.2. The number of amidine groups is 1. The third-order valence-electron chi connectivity index (χ3n) is 2.52. The van der Waals surface area contributed by atoms with Gasteiger partial charge in [0.05, 0.1) is 11.8 Å². The zero-order chi connectivity index (χ0) is 17.3. The Morgan fingerprint density at radius 2 is 2.05 bits per heavy atom. The van der Waals surface area contributed by atoms with E-state index in [2.05, 4.69) is 10.1 Å². The Kier molecular flexibility index (Phi) is 8.52. The Labute approximate surface area is 132 Å². The molecule has 0 aliphatic heterocycles. The molecule has 0 saturated carbocycles. The van der Waals surface area contributed by atoms with Crippen LogP contribution in [0.1, 0.15) is 46.6 Å². The lowest BCUT2D eigenvalue weighted by Crippen LogP contribution is -2.22. The summed E-state index contributed by atoms with van der Waals surface area (Å²) in [6, 6.07) is 0. The number of carboxylic acids is 1. The normalized spacial score (nSPS) is 11.5. The summed E-state index contributed by atoms with van der Waals surface area (Å²) in [5.74, 6) is -0.583. The molecule has 1 rings (SSSR count). The number of allylic oxidation sites excluding steroid dienone is 2. The van der Waals surface area contributed by atoms with Crippen molar-refractivity contribution in [3.05, 3.63) is 35.2 Å². The maximum absolute atomic E-state index is 11.2. The van der Waals surface area contributed by atoms with E-state index in [1.165, 1.54) is 6.08 Å². The van der Waals surface area contributed by atoms with Gasteiger partial charge in [-0.25, -0.2) is 14.5 Å². The highest BCUT2D eigenvalue weighted by Crippen LogP contribution is 2.13. The first-order valence-electron chi connectivity index (χ1n) is 7.34. The molecule has 22 heavy (non-hydrogen) atoms. The van der Waals surface area contributed by atoms with Crippen LogP contribution in [0.4, 0.5) is 0 Å². The number of nitrogens with two attached hydrogens (primary N) is 1. The molecule has 0 aromatic carbocycles. The van der Waals surface area contributed by atoms with Crippen LogP contribution in [-0.4, -0.2) is 26.7 Å². The smallest absolute Gasteiger partial charge is 0.339 e. The molecule has 122 valence electrons. The molecule has 1 aromatic heterocycles. The molecule has 0 atom stereocenters. The average molecular weight is 306 g/mol. The maximum atomic E-state index is 11.2. The maximum Gasteiger partial charge on any atom is 0.339 e. The van der Waals surface area contributed by atoms with Crippen LogP contribution in [0.5, 0.6) is 0 Å². The predicted octanol–water partition coefficient (Wildman–Crippen LogP) is 3.20. The van der Waals surface area contributed by atoms with Crippen LogP contribution in [0.2, 0.25) is 0 Å². The topological polar surface area (TPSA) is 93.5 Å². The third kappa shape index (κ3) is 5.55. The fourth-order valence-electron chi connectivity index (χ4n) is 1.60. The lowest BCUT2D eigenvalue weighted by molar-refractivity contribution is -0.132. The second-order valence-corrected chi connectivity index (χ2v) is 4.61. The molecule has 0 unspecified atom stereocenters. The summed E-state index contributed by atoms with van der Waals surface area (Å²) in [6.45, 7) is 11.5. The number of nitrogens with zero attached hydrogens (tertiary/aromatic N) is 3. The molecule has 0 fully saturated rings. The number of carbonyl (C=O) groups is 1. The van der Waals surface area contributed by atoms with Crippen molar-refractivity contribution in [2.24, 2.45) is 10.7 Å². The number of hydrogen-bond donors (Lipinski definition) is 2. The summed E-state index contributed by atoms with van der Waals surface area (Å²) in [7, 11) is 0. The Hall–Kier alpha value is -2.37. The van der Waals surface area contributed by atoms with E-state index in [9.17, 15) is 4.79 Å². The summed E-state index contributed by atoms with van der Waals surface area (Å²) in [5.41, 5.74) is 7.70. The van der Waals surface area contributed by atoms with E-state index in [0.29, 0.717) is 12.2 Å². The molecule has 0 spiro atoms. The quantitative estimate of drug-likeness (QED) is 0.496. The first-order chi connectivity index (χ1) is 10.4. The van der Waals surface area contributed by atoms with Gasteiger partial charge in [0.15, 0.2) is 5.82 Å². The summed E-state index contributed by atoms with van der Waals surface area (Å²) < 4.78 is 1.59. The fourth-order valence-corrected chi connectivity index (χ4v) is 1.60. The molecule has 6 heteroatoms. The van der Waals surface area contributed by atoms with Crippen molar-refractivity contribution >= 4 is 17.6 Å². The van der Waals surface area contributed by atoms with Crippen LogP contribution in [0.3, 0.4) is 0 Å². The van der Waals surface area contributed by atoms with Gasteiger partial charge in [-0.3, -0.25) is 0 Å². The zero-order valence-electron chi connectivity index (χ0n) is 14.2. The largest absolute Gasteiger partial charge is 0.478 e. The number of carboxylic acid groups (broad SMARTS) is 1. The number of aromatic nitrogens is 2. The molecule has 0 amide bonds. The van der Waals surface area contributed by atoms with Crippen LogP contribution < -0.4 is 5.73 Å². The van der Waals surface area contributed by atoms with Gasteiger partial charge in [0.25, 0.3) is 0 Å². The van der Waals surface area contributed by atoms with Gasteiger partial charge in [-0.05, 0) is 38.3 Å². The molecule has 0 aliphatic rings. The fraction of sp³-hybridized carbons (Fsp3) is 0.438. The van der Waals surface area contributed by atoms with E-state index in [1.807, 2.05) is 47.7 Å². The number of aliphatic carboxylic acids is 1. The predicted molar refractivity (Wildman–Crippen MR) is 90.5 cm³/mol. The summed E-state index contributed by atoms with van der Waals surface area (Å²) >= 11 is 0. The first-order valence-corrected chi connectivity index (χ1v) is 7.34. The van der Waals surface area contributed by atoms with E-state index in [0.717, 1.165) is 11.1 Å². The van der Waals surface area contributed by atoms with E-state index >= 15 is 0 Å². The Morgan fingerprint density at radius 3 is 2.41 bits per heavy atom. The second-order valence-electron chi connectivity index (χ2n) is 4.61. The summed E-state index contributed by atoms with van der Waals surface area (Å²) in [5, 5.41) is 13.3. The average Bonchev–Trinajstić information content (AvgIpc) is 2.89. The SMILES string of the molecule is CC.CC/C=C(C(=O)O)/C(N)=N\C(=C(C)C)n1cc(C)cn1.